The molecule has 2 aromatic rings. The molecule has 18 heavy (non-hydrogen) atoms. The Kier molecular flexibility index (Phi) is 3.57. The summed E-state index contributed by atoms with van der Waals surface area (Å²) in [5.41, 5.74) is 2.11. The van der Waals surface area contributed by atoms with E-state index in [0.29, 0.717) is 17.9 Å². The average Bonchev–Trinajstić information content (AvgIpc) is 2.77. The number of H-pyrrole nitrogens is 1. The molecule has 0 aromatic carbocycles. The molecule has 1 unspecified atom stereocenters. The van der Waals surface area contributed by atoms with Crippen LogP contribution in [-0.2, 0) is 6.54 Å². The molecule has 0 amide bonds. The summed E-state index contributed by atoms with van der Waals surface area (Å²) in [5, 5.41) is 7.02. The predicted molar refractivity (Wildman–Crippen MR) is 66.1 cm³/mol. The number of aromatic nitrogens is 3. The average molecular weight is 248 g/mol. The molecular weight excluding hydrogens is 232 g/mol. The van der Waals surface area contributed by atoms with Crippen LogP contribution in [0.4, 0.5) is 0 Å². The summed E-state index contributed by atoms with van der Waals surface area (Å²) in [6.07, 6.45) is 1.52. The molecule has 0 saturated heterocycles. The van der Waals surface area contributed by atoms with Crippen molar-refractivity contribution in [2.75, 3.05) is 0 Å². The zero-order valence-corrected chi connectivity index (χ0v) is 10.7. The number of hydrogen-bond acceptors (Lipinski definition) is 5. The monoisotopic (exact) mass is 248 g/mol. The van der Waals surface area contributed by atoms with Gasteiger partial charge in [-0.2, -0.15) is 0 Å². The van der Waals surface area contributed by atoms with Gasteiger partial charge in [0, 0.05) is 24.3 Å². The van der Waals surface area contributed by atoms with Gasteiger partial charge in [0.05, 0.1) is 11.3 Å². The van der Waals surface area contributed by atoms with Crippen molar-refractivity contribution < 1.29 is 4.52 Å². The van der Waals surface area contributed by atoms with E-state index in [0.717, 1.165) is 11.4 Å². The van der Waals surface area contributed by atoms with Gasteiger partial charge in [-0.05, 0) is 20.8 Å². The summed E-state index contributed by atoms with van der Waals surface area (Å²) < 4.78 is 4.75. The summed E-state index contributed by atoms with van der Waals surface area (Å²) in [6, 6.07) is 1.68. The highest BCUT2D eigenvalue weighted by Gasteiger charge is 2.14. The van der Waals surface area contributed by atoms with Gasteiger partial charge in [0.15, 0.2) is 0 Å². The third kappa shape index (κ3) is 2.65. The maximum atomic E-state index is 11.9. The van der Waals surface area contributed by atoms with Crippen molar-refractivity contribution in [1.29, 1.82) is 0 Å². The molecule has 0 aliphatic heterocycles. The minimum atomic E-state index is -0.0986. The Hall–Kier alpha value is -1.95. The van der Waals surface area contributed by atoms with E-state index in [1.807, 2.05) is 13.8 Å². The van der Waals surface area contributed by atoms with Crippen molar-refractivity contribution in [2.24, 2.45) is 0 Å². The Balaban J connectivity index is 2.14. The van der Waals surface area contributed by atoms with Crippen LogP contribution in [0.15, 0.2) is 21.6 Å². The summed E-state index contributed by atoms with van der Waals surface area (Å²) in [4.78, 5) is 18.9. The number of hydrogen-bond donors (Lipinski definition) is 2. The van der Waals surface area contributed by atoms with E-state index in [4.69, 9.17) is 4.52 Å². The highest BCUT2D eigenvalue weighted by atomic mass is 16.5. The predicted octanol–water partition coefficient (Wildman–Crippen LogP) is 1.23. The van der Waals surface area contributed by atoms with Crippen LogP contribution in [0.1, 0.15) is 35.7 Å². The highest BCUT2D eigenvalue weighted by molar-refractivity contribution is 5.20. The van der Waals surface area contributed by atoms with E-state index in [2.05, 4.69) is 20.4 Å². The molecule has 6 heteroatoms. The van der Waals surface area contributed by atoms with Crippen LogP contribution >= 0.6 is 0 Å². The van der Waals surface area contributed by atoms with E-state index < -0.39 is 0 Å². The SMILES string of the molecule is Cc1nc(C)c(C(C)NCc2ccon2)c(=O)[nH]1. The van der Waals surface area contributed by atoms with Crippen molar-refractivity contribution >= 4 is 0 Å². The van der Waals surface area contributed by atoms with Gasteiger partial charge < -0.3 is 14.8 Å². The molecule has 96 valence electrons. The molecule has 2 aromatic heterocycles. The second kappa shape index (κ2) is 5.14. The largest absolute Gasteiger partial charge is 0.364 e. The minimum Gasteiger partial charge on any atom is -0.364 e. The van der Waals surface area contributed by atoms with E-state index in [-0.39, 0.29) is 11.6 Å². The molecule has 0 aliphatic rings. The van der Waals surface area contributed by atoms with Crippen molar-refractivity contribution in [3.8, 4) is 0 Å². The van der Waals surface area contributed by atoms with Crippen LogP contribution in [-0.4, -0.2) is 15.1 Å². The maximum Gasteiger partial charge on any atom is 0.255 e. The van der Waals surface area contributed by atoms with Crippen LogP contribution in [0.3, 0.4) is 0 Å². The molecule has 2 N–H and O–H groups in total. The maximum absolute atomic E-state index is 11.9. The lowest BCUT2D eigenvalue weighted by Crippen LogP contribution is -2.27. The minimum absolute atomic E-state index is 0.0971. The summed E-state index contributed by atoms with van der Waals surface area (Å²) in [5.74, 6) is 0.630. The Labute approximate surface area is 104 Å². The molecule has 0 radical (unpaired) electrons. The lowest BCUT2D eigenvalue weighted by Gasteiger charge is -2.14. The van der Waals surface area contributed by atoms with Crippen LogP contribution in [0, 0.1) is 13.8 Å². The number of aromatic amines is 1. The standard InChI is InChI=1S/C12H16N4O2/c1-7(13-6-10-4-5-18-16-10)11-8(2)14-9(3)15-12(11)17/h4-5,7,13H,6H2,1-3H3,(H,14,15,17). The van der Waals surface area contributed by atoms with Crippen LogP contribution in [0.5, 0.6) is 0 Å². The van der Waals surface area contributed by atoms with E-state index in [9.17, 15) is 4.79 Å². The van der Waals surface area contributed by atoms with Crippen LogP contribution < -0.4 is 10.9 Å². The second-order valence-corrected chi connectivity index (χ2v) is 4.24. The Morgan fingerprint density at radius 2 is 2.28 bits per heavy atom. The highest BCUT2D eigenvalue weighted by Crippen LogP contribution is 2.11. The number of aryl methyl sites for hydroxylation is 2. The smallest absolute Gasteiger partial charge is 0.255 e. The molecule has 1 atom stereocenters. The fourth-order valence-corrected chi connectivity index (χ4v) is 1.93. The first-order chi connectivity index (χ1) is 8.58. The van der Waals surface area contributed by atoms with Gasteiger partial charge in [-0.3, -0.25) is 4.79 Å². The van der Waals surface area contributed by atoms with Crippen molar-refractivity contribution in [3.05, 3.63) is 45.5 Å². The van der Waals surface area contributed by atoms with Gasteiger partial charge in [-0.15, -0.1) is 0 Å². The quantitative estimate of drug-likeness (QED) is 0.850. The van der Waals surface area contributed by atoms with Crippen molar-refractivity contribution in [3.63, 3.8) is 0 Å². The summed E-state index contributed by atoms with van der Waals surface area (Å²) in [6.45, 7) is 6.08. The van der Waals surface area contributed by atoms with Crippen LogP contribution in [0.2, 0.25) is 0 Å². The first-order valence-electron chi connectivity index (χ1n) is 5.78. The van der Waals surface area contributed by atoms with Gasteiger partial charge in [0.2, 0.25) is 0 Å². The van der Waals surface area contributed by atoms with E-state index in [1.54, 1.807) is 13.0 Å². The number of rotatable bonds is 4. The normalized spacial score (nSPS) is 12.6. The van der Waals surface area contributed by atoms with Gasteiger partial charge in [0.25, 0.3) is 5.56 Å². The first kappa shape index (κ1) is 12.5. The topological polar surface area (TPSA) is 83.8 Å². The molecule has 0 spiro atoms. The fourth-order valence-electron chi connectivity index (χ4n) is 1.93. The number of nitrogens with one attached hydrogen (secondary N) is 2. The van der Waals surface area contributed by atoms with Gasteiger partial charge in [0.1, 0.15) is 12.1 Å². The molecular formula is C12H16N4O2. The van der Waals surface area contributed by atoms with Crippen molar-refractivity contribution in [2.45, 2.75) is 33.4 Å². The molecule has 0 saturated carbocycles. The van der Waals surface area contributed by atoms with Crippen molar-refractivity contribution in [1.82, 2.24) is 20.4 Å². The summed E-state index contributed by atoms with van der Waals surface area (Å²) in [7, 11) is 0. The lowest BCUT2D eigenvalue weighted by atomic mass is 10.1. The van der Waals surface area contributed by atoms with Gasteiger partial charge in [-0.1, -0.05) is 5.16 Å². The van der Waals surface area contributed by atoms with E-state index >= 15 is 0 Å². The third-order valence-electron chi connectivity index (χ3n) is 2.78. The number of nitrogens with zero attached hydrogens (tertiary/aromatic N) is 2. The molecule has 6 nitrogen and oxygen atoms in total. The summed E-state index contributed by atoms with van der Waals surface area (Å²) >= 11 is 0. The third-order valence-corrected chi connectivity index (χ3v) is 2.78. The second-order valence-electron chi connectivity index (χ2n) is 4.24. The van der Waals surface area contributed by atoms with E-state index in [1.165, 1.54) is 6.26 Å². The first-order valence-corrected chi connectivity index (χ1v) is 5.78. The lowest BCUT2D eigenvalue weighted by molar-refractivity contribution is 0.405. The zero-order valence-electron chi connectivity index (χ0n) is 10.7. The molecule has 0 bridgehead atoms. The van der Waals surface area contributed by atoms with Gasteiger partial charge >= 0.3 is 0 Å². The Morgan fingerprint density at radius 1 is 1.50 bits per heavy atom. The Morgan fingerprint density at radius 3 is 2.89 bits per heavy atom. The molecule has 2 heterocycles. The molecule has 0 aliphatic carbocycles. The zero-order chi connectivity index (χ0) is 13.1. The Bertz CT molecular complexity index is 574. The van der Waals surface area contributed by atoms with Crippen LogP contribution in [0.25, 0.3) is 0 Å². The molecule has 0 fully saturated rings. The molecule has 2 rings (SSSR count). The van der Waals surface area contributed by atoms with Gasteiger partial charge in [-0.25, -0.2) is 4.98 Å². The fraction of sp³-hybridized carbons (Fsp3) is 0.417.